The average molecular weight is 316 g/mol. The van der Waals surface area contributed by atoms with Crippen LogP contribution < -0.4 is 17.0 Å². The van der Waals surface area contributed by atoms with Gasteiger partial charge in [-0.05, 0) is 31.0 Å². The number of ketones is 1. The summed E-state index contributed by atoms with van der Waals surface area (Å²) in [5.41, 5.74) is 10.7. The number of fused-ring (bicyclic) bond motifs is 1. The second-order valence-electron chi connectivity index (χ2n) is 6.01. The van der Waals surface area contributed by atoms with Crippen LogP contribution in [0.1, 0.15) is 22.3 Å². The first kappa shape index (κ1) is 14.2. The Morgan fingerprint density at radius 1 is 1.48 bits per heavy atom. The summed E-state index contributed by atoms with van der Waals surface area (Å²) < 4.78 is 6.59. The molecule has 3 atom stereocenters. The number of nitrogens with zero attached hydrogens (tertiary/aromatic N) is 2. The summed E-state index contributed by atoms with van der Waals surface area (Å²) in [6.45, 7) is 1.82. The Labute approximate surface area is 130 Å². The highest BCUT2D eigenvalue weighted by molar-refractivity contribution is 6.06. The number of carbonyl (C=O) groups excluding carboxylic acids is 1. The number of aryl methyl sites for hydroxylation is 2. The molecule has 0 spiro atoms. The van der Waals surface area contributed by atoms with Crippen molar-refractivity contribution < 1.29 is 14.0 Å². The van der Waals surface area contributed by atoms with Crippen LogP contribution in [0.3, 0.4) is 0 Å². The second-order valence-corrected chi connectivity index (χ2v) is 6.01. The highest BCUT2D eigenvalue weighted by atomic mass is 16.7. The van der Waals surface area contributed by atoms with Gasteiger partial charge in [-0.15, -0.1) is 0 Å². The van der Waals surface area contributed by atoms with E-state index in [0.717, 1.165) is 5.56 Å². The van der Waals surface area contributed by atoms with Crippen LogP contribution in [-0.2, 0) is 11.9 Å². The third kappa shape index (κ3) is 2.18. The maximum atomic E-state index is 12.7. The molecule has 0 saturated heterocycles. The fourth-order valence-electron chi connectivity index (χ4n) is 3.02. The number of Topliss-reactive ketones (excluding diaryl/α,β-unsaturated/α-hetero) is 1. The number of carbonyl (C=O) groups is 1. The van der Waals surface area contributed by atoms with Crippen LogP contribution in [0.15, 0.2) is 26.3 Å². The second kappa shape index (κ2) is 4.77. The maximum absolute atomic E-state index is 12.7. The summed E-state index contributed by atoms with van der Waals surface area (Å²) in [5, 5.41) is 0. The molecule has 1 aliphatic carbocycles. The maximum Gasteiger partial charge on any atom is 0.419 e. The van der Waals surface area contributed by atoms with Crippen molar-refractivity contribution in [2.24, 2.45) is 29.6 Å². The first-order valence-corrected chi connectivity index (χ1v) is 7.35. The number of amidine groups is 1. The number of nitrogens with one attached hydrogen (secondary N) is 1. The molecule has 2 heterocycles. The average Bonchev–Trinajstić information content (AvgIpc) is 3.12. The fourth-order valence-corrected chi connectivity index (χ4v) is 3.02. The first-order chi connectivity index (χ1) is 11.0. The number of hydrogen-bond donors (Lipinski definition) is 2. The third-order valence-corrected chi connectivity index (χ3v) is 4.39. The molecule has 2 aromatic rings. The minimum absolute atomic E-state index is 0.0141. The van der Waals surface area contributed by atoms with Crippen LogP contribution in [0.2, 0.25) is 0 Å². The van der Waals surface area contributed by atoms with E-state index in [-0.39, 0.29) is 17.6 Å². The van der Waals surface area contributed by atoms with E-state index >= 15 is 0 Å². The van der Waals surface area contributed by atoms with Crippen molar-refractivity contribution in [2.45, 2.75) is 19.7 Å². The Bertz CT molecular complexity index is 910. The van der Waals surface area contributed by atoms with Crippen LogP contribution in [0.4, 0.5) is 0 Å². The molecule has 8 nitrogen and oxygen atoms in total. The molecule has 0 amide bonds. The number of benzene rings is 1. The van der Waals surface area contributed by atoms with E-state index in [0.29, 0.717) is 28.9 Å². The van der Waals surface area contributed by atoms with Crippen molar-refractivity contribution in [2.75, 3.05) is 0 Å². The first-order valence-electron chi connectivity index (χ1n) is 7.35. The van der Waals surface area contributed by atoms with Crippen LogP contribution in [0.25, 0.3) is 11.1 Å². The molecule has 3 unspecified atom stereocenters. The van der Waals surface area contributed by atoms with Crippen molar-refractivity contribution in [1.82, 2.24) is 10.0 Å². The van der Waals surface area contributed by atoms with E-state index in [1.807, 2.05) is 6.92 Å². The van der Waals surface area contributed by atoms with Crippen molar-refractivity contribution in [3.8, 4) is 0 Å². The molecular formula is C15H16N4O4. The Morgan fingerprint density at radius 3 is 2.96 bits per heavy atom. The number of aromatic nitrogens is 1. The summed E-state index contributed by atoms with van der Waals surface area (Å²) in [6.07, 6.45) is 0.00250. The number of hydrogen-bond acceptors (Lipinski definition) is 7. The number of aliphatic imine (C=N–C) groups is 1. The minimum atomic E-state index is -0.708. The van der Waals surface area contributed by atoms with Crippen LogP contribution >= 0.6 is 0 Å². The zero-order valence-corrected chi connectivity index (χ0v) is 12.7. The lowest BCUT2D eigenvalue weighted by Gasteiger charge is -2.04. The Morgan fingerprint density at radius 2 is 2.26 bits per heavy atom. The minimum Gasteiger partial charge on any atom is -0.407 e. The van der Waals surface area contributed by atoms with Gasteiger partial charge in [-0.2, -0.15) is 0 Å². The fraction of sp³-hybridized carbons (Fsp3) is 0.400. The van der Waals surface area contributed by atoms with Gasteiger partial charge < -0.3 is 4.42 Å². The van der Waals surface area contributed by atoms with Gasteiger partial charge in [0.15, 0.2) is 11.4 Å². The molecule has 1 aliphatic heterocycles. The van der Waals surface area contributed by atoms with Gasteiger partial charge in [0.05, 0.1) is 5.52 Å². The van der Waals surface area contributed by atoms with Gasteiger partial charge in [-0.3, -0.25) is 15.1 Å². The zero-order chi connectivity index (χ0) is 16.3. The molecule has 3 N–H and O–H groups in total. The van der Waals surface area contributed by atoms with Gasteiger partial charge in [-0.1, -0.05) is 0 Å². The SMILES string of the molecule is Cc1cc(C(=O)C2CC2C2=NC(N)ON2)cc2c1oc(=O)n2C. The molecule has 23 heavy (non-hydrogen) atoms. The molecule has 0 radical (unpaired) electrons. The van der Waals surface area contributed by atoms with Gasteiger partial charge in [0.1, 0.15) is 5.84 Å². The molecule has 2 aliphatic rings. The molecule has 0 bridgehead atoms. The van der Waals surface area contributed by atoms with Crippen LogP contribution in [0, 0.1) is 18.8 Å². The normalized spacial score (nSPS) is 26.2. The lowest BCUT2D eigenvalue weighted by Crippen LogP contribution is -2.24. The zero-order valence-electron chi connectivity index (χ0n) is 12.7. The molecular weight excluding hydrogens is 300 g/mol. The van der Waals surface area contributed by atoms with Crippen molar-refractivity contribution >= 4 is 22.7 Å². The standard InChI is InChI=1S/C15H16N4O4/c1-6-3-7(4-10-12(6)22-15(21)19(10)2)11(20)8-5-9(8)13-17-14(16)23-18-13/h3-4,8-9,14H,5,16H2,1-2H3,(H,17,18). The summed E-state index contributed by atoms with van der Waals surface area (Å²) in [7, 11) is 1.62. The predicted molar refractivity (Wildman–Crippen MR) is 81.8 cm³/mol. The molecule has 4 rings (SSSR count). The van der Waals surface area contributed by atoms with Gasteiger partial charge >= 0.3 is 5.76 Å². The van der Waals surface area contributed by atoms with Crippen LogP contribution in [-0.4, -0.2) is 22.5 Å². The van der Waals surface area contributed by atoms with Gasteiger partial charge in [-0.25, -0.2) is 20.1 Å². The lowest BCUT2D eigenvalue weighted by molar-refractivity contribution is 0.0418. The highest BCUT2D eigenvalue weighted by Gasteiger charge is 2.48. The number of nitrogens with two attached hydrogens (primary N) is 1. The number of rotatable bonds is 3. The smallest absolute Gasteiger partial charge is 0.407 e. The van der Waals surface area contributed by atoms with Crippen molar-refractivity contribution in [3.05, 3.63) is 33.8 Å². The summed E-state index contributed by atoms with van der Waals surface area (Å²) in [6, 6.07) is 3.46. The Hall–Kier alpha value is -2.45. The van der Waals surface area contributed by atoms with Gasteiger partial charge in [0, 0.05) is 24.4 Å². The quantitative estimate of drug-likeness (QED) is 0.794. The Kier molecular flexibility index (Phi) is 2.94. The third-order valence-electron chi connectivity index (χ3n) is 4.39. The lowest BCUT2D eigenvalue weighted by atomic mass is 10.0. The molecule has 8 heteroatoms. The van der Waals surface area contributed by atoms with Gasteiger partial charge in [0.25, 0.3) is 0 Å². The molecule has 1 aromatic heterocycles. The van der Waals surface area contributed by atoms with E-state index in [1.54, 1.807) is 19.2 Å². The highest BCUT2D eigenvalue weighted by Crippen LogP contribution is 2.42. The van der Waals surface area contributed by atoms with Crippen molar-refractivity contribution in [3.63, 3.8) is 0 Å². The van der Waals surface area contributed by atoms with E-state index in [9.17, 15) is 9.59 Å². The molecule has 1 aromatic carbocycles. The topological polar surface area (TPSA) is 112 Å². The predicted octanol–water partition coefficient (Wildman–Crippen LogP) is 0.434. The summed E-state index contributed by atoms with van der Waals surface area (Å²) in [4.78, 5) is 33.4. The monoisotopic (exact) mass is 316 g/mol. The molecule has 120 valence electrons. The molecule has 1 saturated carbocycles. The number of hydroxylamine groups is 1. The largest absolute Gasteiger partial charge is 0.419 e. The Balaban J connectivity index is 1.65. The molecule has 1 fully saturated rings. The van der Waals surface area contributed by atoms with E-state index in [4.69, 9.17) is 15.0 Å². The summed E-state index contributed by atoms with van der Waals surface area (Å²) >= 11 is 0. The van der Waals surface area contributed by atoms with E-state index < -0.39 is 12.1 Å². The number of oxazole rings is 1. The van der Waals surface area contributed by atoms with E-state index in [2.05, 4.69) is 10.5 Å². The summed E-state index contributed by atoms with van der Waals surface area (Å²) in [5.74, 6) is 0.0896. The van der Waals surface area contributed by atoms with Crippen LogP contribution in [0.5, 0.6) is 0 Å². The van der Waals surface area contributed by atoms with Gasteiger partial charge in [0.2, 0.25) is 6.35 Å². The van der Waals surface area contributed by atoms with E-state index in [1.165, 1.54) is 4.57 Å². The van der Waals surface area contributed by atoms with Crippen molar-refractivity contribution in [1.29, 1.82) is 0 Å².